The summed E-state index contributed by atoms with van der Waals surface area (Å²) in [4.78, 5) is 3.95. The molecule has 0 bridgehead atoms. The zero-order chi connectivity index (χ0) is 5.11. The Kier molecular flexibility index (Phi) is 5.11. The first-order valence-corrected chi connectivity index (χ1v) is 2.76. The molecule has 0 atom stereocenters. The minimum Gasteiger partial charge on any atom is -0.743 e. The third kappa shape index (κ3) is 2.95. The van der Waals surface area contributed by atoms with Crippen LogP contribution in [-0.2, 0) is 45.3 Å². The van der Waals surface area contributed by atoms with Gasteiger partial charge < -0.3 is 17.9 Å². The van der Waals surface area contributed by atoms with E-state index in [1.807, 2.05) is 0 Å². The van der Waals surface area contributed by atoms with Crippen molar-refractivity contribution in [1.82, 2.24) is 5.32 Å². The predicted octanol–water partition coefficient (Wildman–Crippen LogP) is -0.120. The Hall–Kier alpha value is 0.794. The van der Waals surface area contributed by atoms with Crippen LogP contribution in [0.15, 0.2) is 4.99 Å². The maximum Gasteiger partial charge on any atom is 3.00 e. The van der Waals surface area contributed by atoms with Gasteiger partial charge in [0.05, 0.1) is 0 Å². The second kappa shape index (κ2) is 4.65. The van der Waals surface area contributed by atoms with E-state index in [0.29, 0.717) is 5.17 Å². The molecular formula is C4H7N2SY+2. The topological polar surface area (TPSA) is 24.4 Å². The molecule has 40 valence electrons. The molecule has 4 heteroatoms. The average molecular weight is 204 g/mol. The van der Waals surface area contributed by atoms with E-state index in [-0.39, 0.29) is 32.7 Å². The Morgan fingerprint density at radius 1 is 1.62 bits per heavy atom. The molecule has 1 aliphatic heterocycles. The van der Waals surface area contributed by atoms with Crippen molar-refractivity contribution < 1.29 is 32.7 Å². The van der Waals surface area contributed by atoms with Gasteiger partial charge in [-0.25, -0.2) is 0 Å². The molecule has 0 unspecified atom stereocenters. The Morgan fingerprint density at radius 2 is 2.38 bits per heavy atom. The molecule has 0 aromatic heterocycles. The Labute approximate surface area is 79.8 Å². The predicted molar refractivity (Wildman–Crippen MR) is 32.3 cm³/mol. The molecule has 0 spiro atoms. The fraction of sp³-hybridized carbons (Fsp3) is 0.750. The van der Waals surface area contributed by atoms with Crippen LogP contribution in [0.5, 0.6) is 0 Å². The van der Waals surface area contributed by atoms with Gasteiger partial charge in [0, 0.05) is 13.1 Å². The van der Waals surface area contributed by atoms with E-state index in [1.165, 1.54) is 0 Å². The van der Waals surface area contributed by atoms with Gasteiger partial charge in [-0.15, -0.1) is 0 Å². The summed E-state index contributed by atoms with van der Waals surface area (Å²) in [6.07, 6.45) is 1.13. The molecule has 0 aromatic carbocycles. The van der Waals surface area contributed by atoms with E-state index in [1.54, 1.807) is 0 Å². The van der Waals surface area contributed by atoms with E-state index in [9.17, 15) is 0 Å². The Bertz CT molecular complexity index is 94.0. The van der Waals surface area contributed by atoms with Crippen LogP contribution in [0.2, 0.25) is 0 Å². The fourth-order valence-electron chi connectivity index (χ4n) is 0.511. The van der Waals surface area contributed by atoms with E-state index in [2.05, 4.69) is 10.3 Å². The molecular weight excluding hydrogens is 197 g/mol. The number of nitrogens with zero attached hydrogens (tertiary/aromatic N) is 1. The summed E-state index contributed by atoms with van der Waals surface area (Å²) in [5.74, 6) is 0. The Balaban J connectivity index is 0.000000490. The quantitative estimate of drug-likeness (QED) is 0.556. The molecule has 1 rings (SSSR count). The molecule has 1 aliphatic rings. The van der Waals surface area contributed by atoms with Crippen molar-refractivity contribution in [3.05, 3.63) is 0 Å². The zero-order valence-electron chi connectivity index (χ0n) is 4.55. The molecule has 0 aliphatic carbocycles. The van der Waals surface area contributed by atoms with Crippen molar-refractivity contribution in [2.75, 3.05) is 13.1 Å². The molecule has 8 heavy (non-hydrogen) atoms. The van der Waals surface area contributed by atoms with E-state index in [0.717, 1.165) is 19.5 Å². The van der Waals surface area contributed by atoms with Gasteiger partial charge in [0.1, 0.15) is 0 Å². The molecule has 1 N–H and O–H groups in total. The maximum atomic E-state index is 4.73. The number of amidine groups is 1. The minimum absolute atomic E-state index is 0. The van der Waals surface area contributed by atoms with Crippen molar-refractivity contribution in [3.63, 3.8) is 0 Å². The fourth-order valence-corrected chi connectivity index (χ4v) is 0.704. The zero-order valence-corrected chi connectivity index (χ0v) is 8.21. The maximum absolute atomic E-state index is 4.73. The molecule has 2 nitrogen and oxygen atoms in total. The molecule has 0 saturated carbocycles. The first-order chi connectivity index (χ1) is 3.39. The second-order valence-corrected chi connectivity index (χ2v) is 1.85. The van der Waals surface area contributed by atoms with Gasteiger partial charge in [0.2, 0.25) is 0 Å². The number of rotatable bonds is 0. The number of hydrogen-bond donors (Lipinski definition) is 1. The van der Waals surface area contributed by atoms with Crippen LogP contribution in [0, 0.1) is 0 Å². The third-order valence-corrected chi connectivity index (χ3v) is 1.14. The van der Waals surface area contributed by atoms with Gasteiger partial charge in [-0.2, -0.15) is 0 Å². The van der Waals surface area contributed by atoms with Crippen LogP contribution in [0.1, 0.15) is 6.42 Å². The van der Waals surface area contributed by atoms with Crippen LogP contribution in [0.25, 0.3) is 0 Å². The third-order valence-electron chi connectivity index (χ3n) is 0.867. The summed E-state index contributed by atoms with van der Waals surface area (Å²) < 4.78 is 0. The molecule has 0 fully saturated rings. The van der Waals surface area contributed by atoms with E-state index >= 15 is 0 Å². The van der Waals surface area contributed by atoms with Gasteiger partial charge in [-0.1, -0.05) is 0 Å². The van der Waals surface area contributed by atoms with Gasteiger partial charge in [-0.05, 0) is 11.6 Å². The van der Waals surface area contributed by atoms with Gasteiger partial charge in [-0.3, -0.25) is 4.99 Å². The second-order valence-electron chi connectivity index (χ2n) is 1.47. The van der Waals surface area contributed by atoms with Crippen LogP contribution in [0.4, 0.5) is 0 Å². The normalized spacial score (nSPS) is 17.8. The molecule has 0 amide bonds. The standard InChI is InChI=1S/C4H8N2S.Y/c7-4-5-2-1-3-6-4;/h1-3H2,(H2,5,6,7);/q;+3/p-1. The monoisotopic (exact) mass is 204 g/mol. The first-order valence-electron chi connectivity index (χ1n) is 2.35. The SMILES string of the molecule is [S-]C1=NCCCN1.[Y+3]. The van der Waals surface area contributed by atoms with E-state index < -0.39 is 0 Å². The number of nitrogens with one attached hydrogen (secondary N) is 1. The average Bonchev–Trinajstić information content (AvgIpc) is 1.69. The van der Waals surface area contributed by atoms with Crippen LogP contribution in [0.3, 0.4) is 0 Å². The van der Waals surface area contributed by atoms with Crippen molar-refractivity contribution in [2.24, 2.45) is 4.99 Å². The van der Waals surface area contributed by atoms with Crippen LogP contribution < -0.4 is 5.32 Å². The summed E-state index contributed by atoms with van der Waals surface area (Å²) in [7, 11) is 0. The Morgan fingerprint density at radius 3 is 2.62 bits per heavy atom. The smallest absolute Gasteiger partial charge is 0.743 e. The van der Waals surface area contributed by atoms with Crippen molar-refractivity contribution in [2.45, 2.75) is 6.42 Å². The molecule has 1 heterocycles. The number of hydrogen-bond acceptors (Lipinski definition) is 3. The summed E-state index contributed by atoms with van der Waals surface area (Å²) in [5, 5.41) is 3.62. The minimum atomic E-state index is 0. The van der Waals surface area contributed by atoms with Gasteiger partial charge >= 0.3 is 32.7 Å². The van der Waals surface area contributed by atoms with Crippen LogP contribution in [-0.4, -0.2) is 18.3 Å². The molecule has 0 aromatic rings. The van der Waals surface area contributed by atoms with Crippen molar-refractivity contribution >= 4 is 17.8 Å². The largest absolute Gasteiger partial charge is 3.00 e. The van der Waals surface area contributed by atoms with Gasteiger partial charge in [0.25, 0.3) is 0 Å². The van der Waals surface area contributed by atoms with Crippen LogP contribution >= 0.6 is 0 Å². The molecule has 0 radical (unpaired) electrons. The van der Waals surface area contributed by atoms with Gasteiger partial charge in [0.15, 0.2) is 0 Å². The van der Waals surface area contributed by atoms with E-state index in [4.69, 9.17) is 12.6 Å². The van der Waals surface area contributed by atoms with Crippen molar-refractivity contribution in [3.8, 4) is 0 Å². The summed E-state index contributed by atoms with van der Waals surface area (Å²) in [5.41, 5.74) is 0. The van der Waals surface area contributed by atoms with Crippen molar-refractivity contribution in [1.29, 1.82) is 0 Å². The summed E-state index contributed by atoms with van der Waals surface area (Å²) in [6, 6.07) is 0. The summed E-state index contributed by atoms with van der Waals surface area (Å²) >= 11 is 4.73. The number of aliphatic imine (C=N–C) groups is 1. The summed E-state index contributed by atoms with van der Waals surface area (Å²) in [6.45, 7) is 1.91. The molecule has 0 saturated heterocycles. The first kappa shape index (κ1) is 8.79.